The Morgan fingerprint density at radius 1 is 1.25 bits per heavy atom. The summed E-state index contributed by atoms with van der Waals surface area (Å²) in [5.41, 5.74) is 0. The van der Waals surface area contributed by atoms with Crippen LogP contribution < -0.4 is 0 Å². The van der Waals surface area contributed by atoms with E-state index in [-0.39, 0.29) is 12.5 Å². The van der Waals surface area contributed by atoms with E-state index in [0.29, 0.717) is 18.9 Å². The van der Waals surface area contributed by atoms with Gasteiger partial charge in [-0.05, 0) is 12.3 Å². The van der Waals surface area contributed by atoms with Gasteiger partial charge in [0.25, 0.3) is 0 Å². The van der Waals surface area contributed by atoms with Gasteiger partial charge >= 0.3 is 5.97 Å². The minimum atomic E-state index is -0.940. The van der Waals surface area contributed by atoms with Gasteiger partial charge in [-0.15, -0.1) is 0 Å². The summed E-state index contributed by atoms with van der Waals surface area (Å²) in [7, 11) is 0. The zero-order valence-electron chi connectivity index (χ0n) is 10.5. The van der Waals surface area contributed by atoms with Gasteiger partial charge < -0.3 is 10.0 Å². The topological polar surface area (TPSA) is 57.6 Å². The molecule has 1 N–H and O–H groups in total. The predicted molar refractivity (Wildman–Crippen MR) is 63.2 cm³/mol. The van der Waals surface area contributed by atoms with Crippen LogP contribution in [-0.4, -0.2) is 35.0 Å². The molecule has 0 aliphatic carbocycles. The minimum absolute atomic E-state index is 0.0375. The second kappa shape index (κ2) is 8.13. The number of carboxylic acids is 1. The van der Waals surface area contributed by atoms with E-state index in [0.717, 1.165) is 19.3 Å². The van der Waals surface area contributed by atoms with Crippen LogP contribution in [0.1, 0.15) is 46.5 Å². The van der Waals surface area contributed by atoms with Crippen LogP contribution in [-0.2, 0) is 9.59 Å². The number of carbonyl (C=O) groups is 2. The molecular formula is C12H23NO3. The maximum Gasteiger partial charge on any atom is 0.323 e. The van der Waals surface area contributed by atoms with Crippen LogP contribution in [0.2, 0.25) is 0 Å². The Morgan fingerprint density at radius 3 is 2.31 bits per heavy atom. The molecule has 0 saturated heterocycles. The van der Waals surface area contributed by atoms with Gasteiger partial charge in [0, 0.05) is 13.0 Å². The van der Waals surface area contributed by atoms with Crippen molar-refractivity contribution < 1.29 is 14.7 Å². The first kappa shape index (κ1) is 14.9. The van der Waals surface area contributed by atoms with Crippen LogP contribution in [0.15, 0.2) is 0 Å². The van der Waals surface area contributed by atoms with Gasteiger partial charge in [0.1, 0.15) is 6.54 Å². The second-order valence-corrected chi connectivity index (χ2v) is 4.52. The molecule has 0 atom stereocenters. The third-order valence-corrected chi connectivity index (χ3v) is 2.26. The van der Waals surface area contributed by atoms with Crippen LogP contribution in [0, 0.1) is 5.92 Å². The van der Waals surface area contributed by atoms with Crippen molar-refractivity contribution in [2.24, 2.45) is 5.92 Å². The van der Waals surface area contributed by atoms with E-state index >= 15 is 0 Å². The number of rotatable bonds is 8. The summed E-state index contributed by atoms with van der Waals surface area (Å²) in [6.45, 7) is 6.39. The summed E-state index contributed by atoms with van der Waals surface area (Å²) in [6, 6.07) is 0. The monoisotopic (exact) mass is 229 g/mol. The third kappa shape index (κ3) is 7.26. The van der Waals surface area contributed by atoms with E-state index in [4.69, 9.17) is 5.11 Å². The molecule has 0 aliphatic heterocycles. The quantitative estimate of drug-likeness (QED) is 0.649. The first-order valence-corrected chi connectivity index (χ1v) is 5.97. The summed E-state index contributed by atoms with van der Waals surface area (Å²) >= 11 is 0. The highest BCUT2D eigenvalue weighted by Gasteiger charge is 2.17. The molecule has 0 aromatic heterocycles. The molecule has 0 radical (unpaired) electrons. The number of hydrogen-bond donors (Lipinski definition) is 1. The van der Waals surface area contributed by atoms with Crippen molar-refractivity contribution in [2.45, 2.75) is 46.5 Å². The Kier molecular flexibility index (Phi) is 7.60. The molecule has 16 heavy (non-hydrogen) atoms. The molecule has 4 nitrogen and oxygen atoms in total. The number of carbonyl (C=O) groups excluding carboxylic acids is 1. The smallest absolute Gasteiger partial charge is 0.323 e. The molecule has 0 spiro atoms. The Morgan fingerprint density at radius 2 is 1.88 bits per heavy atom. The molecule has 0 aliphatic rings. The van der Waals surface area contributed by atoms with Gasteiger partial charge in [-0.1, -0.05) is 33.6 Å². The first-order valence-electron chi connectivity index (χ1n) is 5.97. The fraction of sp³-hybridized carbons (Fsp3) is 0.833. The fourth-order valence-corrected chi connectivity index (χ4v) is 1.54. The summed E-state index contributed by atoms with van der Waals surface area (Å²) in [4.78, 5) is 23.8. The Labute approximate surface area is 97.6 Å². The molecule has 0 unspecified atom stereocenters. The maximum absolute atomic E-state index is 11.8. The molecule has 0 aromatic rings. The highest BCUT2D eigenvalue weighted by molar-refractivity contribution is 5.81. The molecule has 0 saturated carbocycles. The zero-order valence-corrected chi connectivity index (χ0v) is 10.5. The Bertz CT molecular complexity index is 226. The Balaban J connectivity index is 4.15. The lowest BCUT2D eigenvalue weighted by Gasteiger charge is -2.22. The van der Waals surface area contributed by atoms with E-state index < -0.39 is 5.97 Å². The molecule has 0 aromatic carbocycles. The van der Waals surface area contributed by atoms with Crippen molar-refractivity contribution in [3.63, 3.8) is 0 Å². The number of carboxylic acid groups (broad SMARTS) is 1. The van der Waals surface area contributed by atoms with Gasteiger partial charge in [0.2, 0.25) is 5.91 Å². The highest BCUT2D eigenvalue weighted by atomic mass is 16.4. The van der Waals surface area contributed by atoms with E-state index in [1.165, 1.54) is 4.90 Å². The van der Waals surface area contributed by atoms with Crippen molar-refractivity contribution in [1.29, 1.82) is 0 Å². The number of hydrogen-bond acceptors (Lipinski definition) is 2. The molecule has 0 bridgehead atoms. The number of unbranched alkanes of at least 4 members (excludes halogenated alkanes) is 2. The molecular weight excluding hydrogens is 206 g/mol. The lowest BCUT2D eigenvalue weighted by molar-refractivity contribution is -0.144. The van der Waals surface area contributed by atoms with Crippen LogP contribution in [0.3, 0.4) is 0 Å². The molecule has 4 heteroatoms. The van der Waals surface area contributed by atoms with Gasteiger partial charge in [-0.25, -0.2) is 0 Å². The van der Waals surface area contributed by atoms with Crippen LogP contribution in [0.25, 0.3) is 0 Å². The molecule has 0 rings (SSSR count). The van der Waals surface area contributed by atoms with E-state index in [1.807, 2.05) is 13.8 Å². The van der Waals surface area contributed by atoms with Crippen molar-refractivity contribution in [3.8, 4) is 0 Å². The second-order valence-electron chi connectivity index (χ2n) is 4.52. The maximum atomic E-state index is 11.8. The SMILES string of the molecule is CCCCCC(=O)N(CC(=O)O)CC(C)C. The van der Waals surface area contributed by atoms with E-state index in [1.54, 1.807) is 0 Å². The van der Waals surface area contributed by atoms with E-state index in [9.17, 15) is 9.59 Å². The summed E-state index contributed by atoms with van der Waals surface area (Å²) in [6.07, 6.45) is 3.40. The summed E-state index contributed by atoms with van der Waals surface area (Å²) in [5, 5.41) is 8.72. The molecule has 0 heterocycles. The highest BCUT2D eigenvalue weighted by Crippen LogP contribution is 2.06. The lowest BCUT2D eigenvalue weighted by atomic mass is 10.1. The first-order chi connectivity index (χ1) is 7.47. The molecule has 1 amide bonds. The van der Waals surface area contributed by atoms with Gasteiger partial charge in [0.15, 0.2) is 0 Å². The normalized spacial score (nSPS) is 10.5. The minimum Gasteiger partial charge on any atom is -0.480 e. The number of nitrogens with zero attached hydrogens (tertiary/aromatic N) is 1. The van der Waals surface area contributed by atoms with Gasteiger partial charge in [-0.2, -0.15) is 0 Å². The Hall–Kier alpha value is -1.06. The number of aliphatic carboxylic acids is 1. The predicted octanol–water partition coefficient (Wildman–Crippen LogP) is 2.14. The van der Waals surface area contributed by atoms with Crippen LogP contribution >= 0.6 is 0 Å². The summed E-state index contributed by atoms with van der Waals surface area (Å²) in [5.74, 6) is -0.677. The van der Waals surface area contributed by atoms with Gasteiger partial charge in [0.05, 0.1) is 0 Å². The lowest BCUT2D eigenvalue weighted by Crippen LogP contribution is -2.38. The standard InChI is InChI=1S/C12H23NO3/c1-4-5-6-7-11(14)13(8-10(2)3)9-12(15)16/h10H,4-9H2,1-3H3,(H,15,16). The van der Waals surface area contributed by atoms with E-state index in [2.05, 4.69) is 6.92 Å². The van der Waals surface area contributed by atoms with Crippen molar-refractivity contribution in [3.05, 3.63) is 0 Å². The van der Waals surface area contributed by atoms with Gasteiger partial charge in [-0.3, -0.25) is 9.59 Å². The van der Waals surface area contributed by atoms with Crippen molar-refractivity contribution in [1.82, 2.24) is 4.90 Å². The average Bonchev–Trinajstić information content (AvgIpc) is 2.15. The molecule has 0 fully saturated rings. The largest absolute Gasteiger partial charge is 0.480 e. The molecule has 94 valence electrons. The summed E-state index contributed by atoms with van der Waals surface area (Å²) < 4.78 is 0. The third-order valence-electron chi connectivity index (χ3n) is 2.26. The zero-order chi connectivity index (χ0) is 12.6. The average molecular weight is 229 g/mol. The van der Waals surface area contributed by atoms with Crippen LogP contribution in [0.4, 0.5) is 0 Å². The van der Waals surface area contributed by atoms with Crippen molar-refractivity contribution in [2.75, 3.05) is 13.1 Å². The van der Waals surface area contributed by atoms with Crippen LogP contribution in [0.5, 0.6) is 0 Å². The van der Waals surface area contributed by atoms with Crippen molar-refractivity contribution >= 4 is 11.9 Å². The fourth-order valence-electron chi connectivity index (χ4n) is 1.54. The number of amides is 1.